The number of nitrogens with one attached hydrogen (secondary N) is 1. The average Bonchev–Trinajstić information content (AvgIpc) is 2.46. The molecule has 1 N–H and O–H groups in total. The van der Waals surface area contributed by atoms with Crippen molar-refractivity contribution in [3.63, 3.8) is 0 Å². The van der Waals surface area contributed by atoms with Gasteiger partial charge in [-0.2, -0.15) is 0 Å². The third-order valence-electron chi connectivity index (χ3n) is 3.49. The van der Waals surface area contributed by atoms with Gasteiger partial charge in [-0.1, -0.05) is 19.1 Å². The summed E-state index contributed by atoms with van der Waals surface area (Å²) >= 11 is 0. The highest BCUT2D eigenvalue weighted by molar-refractivity contribution is 7.91. The number of sulfone groups is 1. The highest BCUT2D eigenvalue weighted by Crippen LogP contribution is 2.19. The number of carbonyl (C=O) groups excluding carboxylic acids is 1. The van der Waals surface area contributed by atoms with Crippen LogP contribution in [0, 0.1) is 0 Å². The second-order valence-electron chi connectivity index (χ2n) is 5.01. The molecule has 0 saturated carbocycles. The second kappa shape index (κ2) is 5.93. The van der Waals surface area contributed by atoms with Crippen molar-refractivity contribution >= 4 is 15.7 Å². The van der Waals surface area contributed by atoms with E-state index in [1.54, 1.807) is 30.0 Å². The normalized spacial score (nSPS) is 19.9. The fourth-order valence-electron chi connectivity index (χ4n) is 2.36. The number of rotatable bonds is 3. The largest absolute Gasteiger partial charge is 0.336 e. The molecule has 6 heteroatoms. The molecule has 5 nitrogen and oxygen atoms in total. The maximum Gasteiger partial charge on any atom is 0.255 e. The van der Waals surface area contributed by atoms with Crippen molar-refractivity contribution in [2.75, 3.05) is 25.4 Å². The summed E-state index contributed by atoms with van der Waals surface area (Å²) in [5.41, 5.74) is 0.281. The summed E-state index contributed by atoms with van der Waals surface area (Å²) < 4.78 is 24.2. The highest BCUT2D eigenvalue weighted by atomic mass is 32.2. The van der Waals surface area contributed by atoms with Crippen LogP contribution in [-0.4, -0.2) is 50.7 Å². The van der Waals surface area contributed by atoms with Crippen LogP contribution < -0.4 is 5.32 Å². The van der Waals surface area contributed by atoms with Crippen LogP contribution in [0.15, 0.2) is 29.2 Å². The van der Waals surface area contributed by atoms with E-state index >= 15 is 0 Å². The molecule has 1 fully saturated rings. The van der Waals surface area contributed by atoms with E-state index in [2.05, 4.69) is 5.32 Å². The van der Waals surface area contributed by atoms with Crippen molar-refractivity contribution in [1.29, 1.82) is 0 Å². The minimum Gasteiger partial charge on any atom is -0.336 e. The topological polar surface area (TPSA) is 66.5 Å². The Morgan fingerprint density at radius 2 is 2.10 bits per heavy atom. The van der Waals surface area contributed by atoms with Crippen molar-refractivity contribution in [2.45, 2.75) is 24.8 Å². The SMILES string of the molecule is CCS(=O)(=O)c1ccccc1C(=O)N1CCN[C@@H](C)C1. The molecule has 1 amide bonds. The highest BCUT2D eigenvalue weighted by Gasteiger charge is 2.26. The quantitative estimate of drug-likeness (QED) is 0.900. The van der Waals surface area contributed by atoms with Crippen molar-refractivity contribution in [2.24, 2.45) is 0 Å². The van der Waals surface area contributed by atoms with Gasteiger partial charge in [-0.15, -0.1) is 0 Å². The number of piperazine rings is 1. The minimum atomic E-state index is -3.39. The van der Waals surface area contributed by atoms with Crippen LogP contribution in [0.25, 0.3) is 0 Å². The molecule has 0 bridgehead atoms. The molecule has 20 heavy (non-hydrogen) atoms. The van der Waals surface area contributed by atoms with Gasteiger partial charge >= 0.3 is 0 Å². The third kappa shape index (κ3) is 3.02. The lowest BCUT2D eigenvalue weighted by Crippen LogP contribution is -2.51. The smallest absolute Gasteiger partial charge is 0.255 e. The Balaban J connectivity index is 2.35. The number of carbonyl (C=O) groups is 1. The van der Waals surface area contributed by atoms with E-state index in [1.807, 2.05) is 6.92 Å². The van der Waals surface area contributed by atoms with Crippen molar-refractivity contribution in [3.05, 3.63) is 29.8 Å². The van der Waals surface area contributed by atoms with Gasteiger partial charge in [-0.3, -0.25) is 4.79 Å². The number of hydrogen-bond donors (Lipinski definition) is 1. The predicted octanol–water partition coefficient (Wildman–Crippen LogP) is 0.914. The minimum absolute atomic E-state index is 0.00471. The first-order valence-electron chi connectivity index (χ1n) is 6.80. The van der Waals surface area contributed by atoms with Crippen LogP contribution in [0.3, 0.4) is 0 Å². The van der Waals surface area contributed by atoms with Crippen LogP contribution in [0.1, 0.15) is 24.2 Å². The predicted molar refractivity (Wildman–Crippen MR) is 77.5 cm³/mol. The molecule has 0 spiro atoms. The van der Waals surface area contributed by atoms with Crippen LogP contribution in [0.5, 0.6) is 0 Å². The van der Waals surface area contributed by atoms with Gasteiger partial charge in [0, 0.05) is 25.7 Å². The van der Waals surface area contributed by atoms with Crippen molar-refractivity contribution < 1.29 is 13.2 Å². The van der Waals surface area contributed by atoms with Crippen molar-refractivity contribution in [1.82, 2.24) is 10.2 Å². The summed E-state index contributed by atoms with van der Waals surface area (Å²) in [4.78, 5) is 14.4. The Bertz CT molecular complexity index is 598. The summed E-state index contributed by atoms with van der Waals surface area (Å²) in [7, 11) is -3.39. The van der Waals surface area contributed by atoms with Crippen LogP contribution in [-0.2, 0) is 9.84 Å². The van der Waals surface area contributed by atoms with Crippen molar-refractivity contribution in [3.8, 4) is 0 Å². The first-order valence-corrected chi connectivity index (χ1v) is 8.45. The zero-order valence-corrected chi connectivity index (χ0v) is 12.6. The number of amides is 1. The maximum atomic E-state index is 12.6. The molecule has 1 aromatic carbocycles. The third-order valence-corrected chi connectivity index (χ3v) is 5.27. The average molecular weight is 296 g/mol. The standard InChI is InChI=1S/C14H20N2O3S/c1-3-20(18,19)13-7-5-4-6-12(13)14(17)16-9-8-15-11(2)10-16/h4-7,11,15H,3,8-10H2,1-2H3/t11-/m0/s1. The van der Waals surface area contributed by atoms with Crippen LogP contribution >= 0.6 is 0 Å². The molecule has 0 aromatic heterocycles. The molecular formula is C14H20N2O3S. The molecule has 2 rings (SSSR count). The Kier molecular flexibility index (Phi) is 4.45. The van der Waals surface area contributed by atoms with Crippen LogP contribution in [0.4, 0.5) is 0 Å². The lowest BCUT2D eigenvalue weighted by molar-refractivity contribution is 0.0705. The molecule has 0 radical (unpaired) electrons. The van der Waals surface area contributed by atoms with E-state index in [0.717, 1.165) is 6.54 Å². The Hall–Kier alpha value is -1.40. The lowest BCUT2D eigenvalue weighted by atomic mass is 10.1. The van der Waals surface area contributed by atoms with Gasteiger partial charge in [0.25, 0.3) is 5.91 Å². The van der Waals surface area contributed by atoms with E-state index in [9.17, 15) is 13.2 Å². The van der Waals surface area contributed by atoms with E-state index in [1.165, 1.54) is 6.07 Å². The molecule has 1 heterocycles. The molecule has 1 saturated heterocycles. The summed E-state index contributed by atoms with van der Waals surface area (Å²) in [5.74, 6) is -0.208. The van der Waals surface area contributed by atoms with Gasteiger partial charge in [-0.05, 0) is 19.1 Å². The molecule has 1 aliphatic rings. The molecule has 110 valence electrons. The fraction of sp³-hybridized carbons (Fsp3) is 0.500. The second-order valence-corrected chi connectivity index (χ2v) is 7.25. The monoisotopic (exact) mass is 296 g/mol. The molecule has 0 unspecified atom stereocenters. The van der Waals surface area contributed by atoms with E-state index in [0.29, 0.717) is 13.1 Å². The van der Waals surface area contributed by atoms with Gasteiger partial charge in [-0.25, -0.2) is 8.42 Å². The van der Waals surface area contributed by atoms with E-state index < -0.39 is 9.84 Å². The van der Waals surface area contributed by atoms with Gasteiger partial charge in [0.2, 0.25) is 0 Å². The molecule has 0 aliphatic carbocycles. The van der Waals surface area contributed by atoms with Gasteiger partial charge < -0.3 is 10.2 Å². The molecular weight excluding hydrogens is 276 g/mol. The van der Waals surface area contributed by atoms with E-state index in [4.69, 9.17) is 0 Å². The summed E-state index contributed by atoms with van der Waals surface area (Å²) in [5, 5.41) is 3.26. The Labute approximate surface area is 119 Å². The van der Waals surface area contributed by atoms with Gasteiger partial charge in [0.05, 0.1) is 16.2 Å². The lowest BCUT2D eigenvalue weighted by Gasteiger charge is -2.32. The molecule has 1 aliphatic heterocycles. The van der Waals surface area contributed by atoms with Gasteiger partial charge in [0.15, 0.2) is 9.84 Å². The van der Waals surface area contributed by atoms with Gasteiger partial charge in [0.1, 0.15) is 0 Å². The Morgan fingerprint density at radius 3 is 2.75 bits per heavy atom. The first kappa shape index (κ1) is 15.0. The Morgan fingerprint density at radius 1 is 1.40 bits per heavy atom. The first-order chi connectivity index (χ1) is 9.45. The fourth-order valence-corrected chi connectivity index (χ4v) is 3.44. The maximum absolute atomic E-state index is 12.6. The zero-order chi connectivity index (χ0) is 14.8. The summed E-state index contributed by atoms with van der Waals surface area (Å²) in [6.45, 7) is 5.52. The summed E-state index contributed by atoms with van der Waals surface area (Å²) in [6.07, 6.45) is 0. The molecule has 1 aromatic rings. The number of benzene rings is 1. The van der Waals surface area contributed by atoms with Crippen LogP contribution in [0.2, 0.25) is 0 Å². The van der Waals surface area contributed by atoms with E-state index in [-0.39, 0.29) is 28.2 Å². The number of hydrogen-bond acceptors (Lipinski definition) is 4. The summed E-state index contributed by atoms with van der Waals surface area (Å²) in [6, 6.07) is 6.69. The molecule has 1 atom stereocenters. The number of nitrogens with zero attached hydrogens (tertiary/aromatic N) is 1. The zero-order valence-electron chi connectivity index (χ0n) is 11.8.